The molecular formula is C8H9F2N3O2. The van der Waals surface area contributed by atoms with Gasteiger partial charge in [0, 0.05) is 6.20 Å². The van der Waals surface area contributed by atoms with Crippen LogP contribution in [0.1, 0.15) is 22.3 Å². The van der Waals surface area contributed by atoms with Gasteiger partial charge in [-0.2, -0.15) is 0 Å². The number of nitrogen functional groups attached to an aromatic ring is 2. The van der Waals surface area contributed by atoms with Crippen molar-refractivity contribution in [3.8, 4) is 0 Å². The van der Waals surface area contributed by atoms with Gasteiger partial charge >= 0.3 is 5.97 Å². The molecule has 0 radical (unpaired) electrons. The maximum atomic E-state index is 12.5. The third-order valence-electron chi connectivity index (χ3n) is 1.81. The Balaban J connectivity index is 3.35. The molecule has 1 rings (SSSR count). The van der Waals surface area contributed by atoms with Crippen LogP contribution in [0.15, 0.2) is 6.20 Å². The van der Waals surface area contributed by atoms with Crippen molar-refractivity contribution in [3.63, 3.8) is 0 Å². The fourth-order valence-electron chi connectivity index (χ4n) is 1.06. The van der Waals surface area contributed by atoms with Gasteiger partial charge in [0.2, 0.25) is 0 Å². The van der Waals surface area contributed by atoms with E-state index >= 15 is 0 Å². The summed E-state index contributed by atoms with van der Waals surface area (Å²) in [6, 6.07) is 0. The van der Waals surface area contributed by atoms with Gasteiger partial charge in [-0.15, -0.1) is 0 Å². The SMILES string of the molecule is COC(=O)c1cnc(N)c(C(F)F)c1N. The molecule has 0 spiro atoms. The lowest BCUT2D eigenvalue weighted by molar-refractivity contribution is 0.0601. The minimum absolute atomic E-state index is 0.220. The zero-order valence-corrected chi connectivity index (χ0v) is 7.83. The standard InChI is InChI=1S/C8H9F2N3O2/c1-15-8(14)3-2-13-7(12)4(5(3)11)6(9)10/h2,6H,1H3,(H4,11,12,13). The highest BCUT2D eigenvalue weighted by molar-refractivity contribution is 5.96. The average molecular weight is 217 g/mol. The number of pyridine rings is 1. The van der Waals surface area contributed by atoms with Crippen LogP contribution in [-0.4, -0.2) is 18.1 Å². The number of esters is 1. The van der Waals surface area contributed by atoms with Gasteiger partial charge in [-0.3, -0.25) is 0 Å². The fraction of sp³-hybridized carbons (Fsp3) is 0.250. The number of halogens is 2. The molecule has 1 aromatic heterocycles. The van der Waals surface area contributed by atoms with Gasteiger partial charge in [0.25, 0.3) is 6.43 Å². The van der Waals surface area contributed by atoms with Crippen molar-refractivity contribution < 1.29 is 18.3 Å². The number of rotatable bonds is 2. The van der Waals surface area contributed by atoms with Crippen molar-refractivity contribution in [1.29, 1.82) is 0 Å². The van der Waals surface area contributed by atoms with Crippen molar-refractivity contribution in [2.24, 2.45) is 0 Å². The van der Waals surface area contributed by atoms with Crippen LogP contribution in [0.2, 0.25) is 0 Å². The lowest BCUT2D eigenvalue weighted by Gasteiger charge is -2.10. The molecule has 0 amide bonds. The van der Waals surface area contributed by atoms with E-state index in [0.717, 1.165) is 13.3 Å². The number of hydrogen-bond donors (Lipinski definition) is 2. The summed E-state index contributed by atoms with van der Waals surface area (Å²) in [5.74, 6) is -1.22. The van der Waals surface area contributed by atoms with E-state index in [0.29, 0.717) is 0 Å². The first-order chi connectivity index (χ1) is 6.99. The first kappa shape index (κ1) is 11.2. The van der Waals surface area contributed by atoms with E-state index in [1.807, 2.05) is 0 Å². The van der Waals surface area contributed by atoms with Gasteiger partial charge < -0.3 is 16.2 Å². The number of nitrogens with two attached hydrogens (primary N) is 2. The smallest absolute Gasteiger partial charge is 0.341 e. The zero-order chi connectivity index (χ0) is 11.6. The largest absolute Gasteiger partial charge is 0.465 e. The number of methoxy groups -OCH3 is 1. The molecule has 0 saturated heterocycles. The van der Waals surface area contributed by atoms with Gasteiger partial charge in [-0.05, 0) is 0 Å². The molecule has 4 N–H and O–H groups in total. The molecular weight excluding hydrogens is 208 g/mol. The predicted molar refractivity (Wildman–Crippen MR) is 49.4 cm³/mol. The topological polar surface area (TPSA) is 91.2 Å². The van der Waals surface area contributed by atoms with Crippen LogP contribution in [-0.2, 0) is 4.74 Å². The lowest BCUT2D eigenvalue weighted by atomic mass is 10.1. The molecule has 0 saturated carbocycles. The maximum Gasteiger partial charge on any atom is 0.341 e. The van der Waals surface area contributed by atoms with E-state index in [-0.39, 0.29) is 5.56 Å². The lowest BCUT2D eigenvalue weighted by Crippen LogP contribution is -2.11. The van der Waals surface area contributed by atoms with E-state index in [1.165, 1.54) is 0 Å². The quantitative estimate of drug-likeness (QED) is 0.720. The molecule has 7 heteroatoms. The Labute approximate surface area is 84.0 Å². The maximum absolute atomic E-state index is 12.5. The summed E-state index contributed by atoms with van der Waals surface area (Å²) in [6.45, 7) is 0. The summed E-state index contributed by atoms with van der Waals surface area (Å²) >= 11 is 0. The normalized spacial score (nSPS) is 10.4. The molecule has 82 valence electrons. The summed E-state index contributed by atoms with van der Waals surface area (Å²) in [4.78, 5) is 14.5. The van der Waals surface area contributed by atoms with Gasteiger partial charge in [-0.1, -0.05) is 0 Å². The number of alkyl halides is 2. The van der Waals surface area contributed by atoms with Gasteiger partial charge in [0.05, 0.1) is 18.4 Å². The zero-order valence-electron chi connectivity index (χ0n) is 7.83. The highest BCUT2D eigenvalue weighted by Gasteiger charge is 2.22. The highest BCUT2D eigenvalue weighted by atomic mass is 19.3. The minimum atomic E-state index is -2.89. The Kier molecular flexibility index (Phi) is 3.03. The molecule has 1 heterocycles. The van der Waals surface area contributed by atoms with Gasteiger partial charge in [0.1, 0.15) is 11.4 Å². The number of ether oxygens (including phenoxy) is 1. The summed E-state index contributed by atoms with van der Waals surface area (Å²) in [5.41, 5.74) is 9.31. The van der Waals surface area contributed by atoms with Crippen molar-refractivity contribution in [3.05, 3.63) is 17.3 Å². The molecule has 0 fully saturated rings. The molecule has 0 aliphatic heterocycles. The third-order valence-corrected chi connectivity index (χ3v) is 1.81. The number of nitrogens with zero attached hydrogens (tertiary/aromatic N) is 1. The Morgan fingerprint density at radius 1 is 1.53 bits per heavy atom. The number of anilines is 2. The number of carbonyl (C=O) groups excluding carboxylic acids is 1. The van der Waals surface area contributed by atoms with Gasteiger partial charge in [0.15, 0.2) is 0 Å². The molecule has 0 bridgehead atoms. The van der Waals surface area contributed by atoms with E-state index in [9.17, 15) is 13.6 Å². The van der Waals surface area contributed by atoms with Crippen LogP contribution in [0.25, 0.3) is 0 Å². The van der Waals surface area contributed by atoms with Crippen molar-refractivity contribution in [2.75, 3.05) is 18.6 Å². The van der Waals surface area contributed by atoms with Crippen molar-refractivity contribution in [1.82, 2.24) is 4.98 Å². The second-order valence-electron chi connectivity index (χ2n) is 2.68. The van der Waals surface area contributed by atoms with E-state index < -0.39 is 29.5 Å². The molecule has 0 aromatic carbocycles. The second-order valence-corrected chi connectivity index (χ2v) is 2.68. The van der Waals surface area contributed by atoms with Crippen LogP contribution in [0.4, 0.5) is 20.3 Å². The third kappa shape index (κ3) is 1.95. The molecule has 5 nitrogen and oxygen atoms in total. The molecule has 1 aromatic rings. The van der Waals surface area contributed by atoms with E-state index in [2.05, 4.69) is 9.72 Å². The first-order valence-electron chi connectivity index (χ1n) is 3.89. The Morgan fingerprint density at radius 2 is 2.13 bits per heavy atom. The summed E-state index contributed by atoms with van der Waals surface area (Å²) in [7, 11) is 1.11. The minimum Gasteiger partial charge on any atom is -0.465 e. The summed E-state index contributed by atoms with van der Waals surface area (Å²) < 4.78 is 29.3. The van der Waals surface area contributed by atoms with Crippen LogP contribution in [0.5, 0.6) is 0 Å². The molecule has 15 heavy (non-hydrogen) atoms. The van der Waals surface area contributed by atoms with Crippen molar-refractivity contribution >= 4 is 17.5 Å². The Bertz CT molecular complexity index is 396. The Hall–Kier alpha value is -1.92. The number of carbonyl (C=O) groups is 1. The molecule has 0 atom stereocenters. The monoisotopic (exact) mass is 217 g/mol. The summed E-state index contributed by atoms with van der Waals surface area (Å²) in [5, 5.41) is 0. The Morgan fingerprint density at radius 3 is 2.60 bits per heavy atom. The highest BCUT2D eigenvalue weighted by Crippen LogP contribution is 2.31. The molecule has 0 unspecified atom stereocenters. The van der Waals surface area contributed by atoms with Crippen LogP contribution in [0.3, 0.4) is 0 Å². The molecule has 0 aliphatic rings. The second kappa shape index (κ2) is 4.07. The van der Waals surface area contributed by atoms with E-state index in [1.54, 1.807) is 0 Å². The molecule has 0 aliphatic carbocycles. The van der Waals surface area contributed by atoms with Crippen LogP contribution in [0, 0.1) is 0 Å². The van der Waals surface area contributed by atoms with Crippen molar-refractivity contribution in [2.45, 2.75) is 6.43 Å². The first-order valence-corrected chi connectivity index (χ1v) is 3.89. The van der Waals surface area contributed by atoms with Crippen LogP contribution >= 0.6 is 0 Å². The summed E-state index contributed by atoms with van der Waals surface area (Å²) in [6.07, 6.45) is -1.88. The van der Waals surface area contributed by atoms with Gasteiger partial charge in [-0.25, -0.2) is 18.6 Å². The van der Waals surface area contributed by atoms with E-state index in [4.69, 9.17) is 11.5 Å². The number of aromatic nitrogens is 1. The number of hydrogen-bond acceptors (Lipinski definition) is 5. The predicted octanol–water partition coefficient (Wildman–Crippen LogP) is 0.970. The average Bonchev–Trinajstić information content (AvgIpc) is 2.16. The van der Waals surface area contributed by atoms with Crippen LogP contribution < -0.4 is 11.5 Å². The fourth-order valence-corrected chi connectivity index (χ4v) is 1.06.